The van der Waals surface area contributed by atoms with Gasteiger partial charge in [0.25, 0.3) is 5.91 Å². The number of methoxy groups -OCH3 is 1. The van der Waals surface area contributed by atoms with Crippen LogP contribution in [0.15, 0.2) is 18.2 Å². The van der Waals surface area contributed by atoms with Crippen molar-refractivity contribution >= 4 is 11.8 Å². The van der Waals surface area contributed by atoms with E-state index in [1.807, 2.05) is 11.0 Å². The third-order valence-corrected chi connectivity index (χ3v) is 5.30. The molecule has 0 radical (unpaired) electrons. The van der Waals surface area contributed by atoms with Crippen molar-refractivity contribution in [3.63, 3.8) is 0 Å². The van der Waals surface area contributed by atoms with Gasteiger partial charge in [-0.3, -0.25) is 9.59 Å². The van der Waals surface area contributed by atoms with Crippen molar-refractivity contribution < 1.29 is 18.7 Å². The van der Waals surface area contributed by atoms with Gasteiger partial charge in [-0.25, -0.2) is 4.39 Å². The first-order valence-electron chi connectivity index (χ1n) is 8.77. The molecule has 0 unspecified atom stereocenters. The Morgan fingerprint density at radius 1 is 1.35 bits per heavy atom. The molecule has 1 aromatic carbocycles. The van der Waals surface area contributed by atoms with Crippen molar-refractivity contribution in [2.75, 3.05) is 39.9 Å². The van der Waals surface area contributed by atoms with Crippen LogP contribution in [-0.4, -0.2) is 61.5 Å². The molecule has 1 atom stereocenters. The van der Waals surface area contributed by atoms with Gasteiger partial charge in [-0.15, -0.1) is 0 Å². The van der Waals surface area contributed by atoms with Gasteiger partial charge >= 0.3 is 0 Å². The summed E-state index contributed by atoms with van der Waals surface area (Å²) in [6.45, 7) is 2.56. The number of carbonyl (C=O) groups excluding carboxylic acids is 2. The minimum atomic E-state index is -0.610. The highest BCUT2D eigenvalue weighted by atomic mass is 19.1. The van der Waals surface area contributed by atoms with Gasteiger partial charge in [0, 0.05) is 38.9 Å². The van der Waals surface area contributed by atoms with Crippen LogP contribution in [0.5, 0.6) is 0 Å². The van der Waals surface area contributed by atoms with Crippen molar-refractivity contribution in [1.82, 2.24) is 9.80 Å². The van der Waals surface area contributed by atoms with Crippen LogP contribution in [0.3, 0.4) is 0 Å². The van der Waals surface area contributed by atoms with Gasteiger partial charge in [-0.2, -0.15) is 5.26 Å². The SMILES string of the molecule is COCCN1CCC[C@]2(CCN(C(=O)c3cc(F)cc(C#N)c3)C2)C1=O. The molecule has 0 saturated carbocycles. The Morgan fingerprint density at radius 2 is 2.15 bits per heavy atom. The van der Waals surface area contributed by atoms with E-state index in [1.54, 1.807) is 12.0 Å². The number of rotatable bonds is 4. The molecule has 2 aliphatic rings. The molecule has 0 bridgehead atoms. The summed E-state index contributed by atoms with van der Waals surface area (Å²) in [4.78, 5) is 29.1. The van der Waals surface area contributed by atoms with E-state index in [4.69, 9.17) is 10.00 Å². The average Bonchev–Trinajstić information content (AvgIpc) is 3.07. The molecule has 2 fully saturated rings. The molecule has 2 saturated heterocycles. The lowest BCUT2D eigenvalue weighted by Gasteiger charge is -2.39. The quantitative estimate of drug-likeness (QED) is 0.822. The number of halogens is 1. The van der Waals surface area contributed by atoms with E-state index < -0.39 is 11.2 Å². The summed E-state index contributed by atoms with van der Waals surface area (Å²) in [6, 6.07) is 5.49. The molecule has 0 aliphatic carbocycles. The second kappa shape index (κ2) is 7.42. The maximum atomic E-state index is 13.6. The summed E-state index contributed by atoms with van der Waals surface area (Å²) in [7, 11) is 1.61. The minimum absolute atomic E-state index is 0.0769. The molecule has 2 aliphatic heterocycles. The van der Waals surface area contributed by atoms with Crippen molar-refractivity contribution in [2.45, 2.75) is 19.3 Å². The third kappa shape index (κ3) is 3.42. The first-order chi connectivity index (χ1) is 12.5. The summed E-state index contributed by atoms with van der Waals surface area (Å²) in [5, 5.41) is 8.97. The van der Waals surface area contributed by atoms with E-state index in [0.29, 0.717) is 39.2 Å². The zero-order valence-corrected chi connectivity index (χ0v) is 14.8. The summed E-state index contributed by atoms with van der Waals surface area (Å²) < 4.78 is 18.7. The lowest BCUT2D eigenvalue weighted by Crippen LogP contribution is -2.51. The molecule has 1 aromatic rings. The Labute approximate surface area is 152 Å². The molecule has 1 spiro atoms. The van der Waals surface area contributed by atoms with Crippen LogP contribution in [-0.2, 0) is 9.53 Å². The maximum Gasteiger partial charge on any atom is 0.254 e. The number of hydrogen-bond donors (Lipinski definition) is 0. The van der Waals surface area contributed by atoms with Crippen LogP contribution in [0, 0.1) is 22.6 Å². The molecule has 0 aromatic heterocycles. The van der Waals surface area contributed by atoms with Gasteiger partial charge in [0.1, 0.15) is 5.82 Å². The first-order valence-corrected chi connectivity index (χ1v) is 8.77. The summed E-state index contributed by atoms with van der Waals surface area (Å²) in [6.07, 6.45) is 2.27. The Morgan fingerprint density at radius 3 is 2.88 bits per heavy atom. The van der Waals surface area contributed by atoms with Gasteiger partial charge in [0.2, 0.25) is 5.91 Å². The predicted molar refractivity (Wildman–Crippen MR) is 91.8 cm³/mol. The van der Waals surface area contributed by atoms with Crippen LogP contribution in [0.25, 0.3) is 0 Å². The van der Waals surface area contributed by atoms with Crippen molar-refractivity contribution in [1.29, 1.82) is 5.26 Å². The molecule has 26 heavy (non-hydrogen) atoms. The highest BCUT2D eigenvalue weighted by molar-refractivity contribution is 5.96. The van der Waals surface area contributed by atoms with Gasteiger partial charge in [-0.05, 0) is 37.5 Å². The number of benzene rings is 1. The molecule has 6 nitrogen and oxygen atoms in total. The topological polar surface area (TPSA) is 73.6 Å². The third-order valence-electron chi connectivity index (χ3n) is 5.30. The number of nitrogens with zero attached hydrogens (tertiary/aromatic N) is 3. The molecule has 2 heterocycles. The summed E-state index contributed by atoms with van der Waals surface area (Å²) in [5.41, 5.74) is -0.285. The van der Waals surface area contributed by atoms with Gasteiger partial charge in [0.15, 0.2) is 0 Å². The molecule has 2 amide bonds. The molecular weight excluding hydrogens is 337 g/mol. The smallest absolute Gasteiger partial charge is 0.254 e. The molecular formula is C19H22FN3O3. The molecule has 0 N–H and O–H groups in total. The average molecular weight is 359 g/mol. The number of amides is 2. The Hall–Kier alpha value is -2.46. The van der Waals surface area contributed by atoms with Crippen molar-refractivity contribution in [3.05, 3.63) is 35.1 Å². The fraction of sp³-hybridized carbons (Fsp3) is 0.526. The highest BCUT2D eigenvalue weighted by Gasteiger charge is 2.49. The standard InChI is InChI=1S/C19H22FN3O3/c1-26-8-7-22-5-2-3-19(18(22)25)4-6-23(13-19)17(24)15-9-14(12-21)10-16(20)11-15/h9-11H,2-8,13H2,1H3/t19-/m1/s1. The van der Waals surface area contributed by atoms with Crippen LogP contribution in [0.2, 0.25) is 0 Å². The molecule has 7 heteroatoms. The molecule has 138 valence electrons. The normalized spacial score (nSPS) is 22.7. The zero-order valence-electron chi connectivity index (χ0n) is 14.8. The second-order valence-electron chi connectivity index (χ2n) is 6.99. The van der Waals surface area contributed by atoms with E-state index in [0.717, 1.165) is 25.0 Å². The number of piperidine rings is 1. The van der Waals surface area contributed by atoms with E-state index in [-0.39, 0.29) is 22.9 Å². The van der Waals surface area contributed by atoms with Gasteiger partial charge < -0.3 is 14.5 Å². The summed E-state index contributed by atoms with van der Waals surface area (Å²) in [5.74, 6) is -0.867. The lowest BCUT2D eigenvalue weighted by molar-refractivity contribution is -0.146. The number of carbonyl (C=O) groups is 2. The van der Waals surface area contributed by atoms with E-state index in [2.05, 4.69) is 0 Å². The first kappa shape index (κ1) is 18.3. The lowest BCUT2D eigenvalue weighted by atomic mass is 9.78. The highest BCUT2D eigenvalue weighted by Crippen LogP contribution is 2.40. The molecule has 3 rings (SSSR count). The fourth-order valence-electron chi connectivity index (χ4n) is 3.95. The fourth-order valence-corrected chi connectivity index (χ4v) is 3.95. The number of hydrogen-bond acceptors (Lipinski definition) is 4. The maximum absolute atomic E-state index is 13.6. The Bertz CT molecular complexity index is 761. The Kier molecular flexibility index (Phi) is 5.23. The summed E-state index contributed by atoms with van der Waals surface area (Å²) >= 11 is 0. The van der Waals surface area contributed by atoms with Crippen LogP contribution >= 0.6 is 0 Å². The van der Waals surface area contributed by atoms with E-state index in [1.165, 1.54) is 6.07 Å². The van der Waals surface area contributed by atoms with Crippen LogP contribution < -0.4 is 0 Å². The second-order valence-corrected chi connectivity index (χ2v) is 6.99. The van der Waals surface area contributed by atoms with Crippen molar-refractivity contribution in [3.8, 4) is 6.07 Å². The largest absolute Gasteiger partial charge is 0.383 e. The van der Waals surface area contributed by atoms with Crippen LogP contribution in [0.1, 0.15) is 35.2 Å². The van der Waals surface area contributed by atoms with E-state index in [9.17, 15) is 14.0 Å². The van der Waals surface area contributed by atoms with Gasteiger partial charge in [0.05, 0.1) is 23.7 Å². The monoisotopic (exact) mass is 359 g/mol. The zero-order chi connectivity index (χ0) is 18.7. The Balaban J connectivity index is 1.75. The number of nitriles is 1. The van der Waals surface area contributed by atoms with Crippen LogP contribution in [0.4, 0.5) is 4.39 Å². The van der Waals surface area contributed by atoms with Gasteiger partial charge in [-0.1, -0.05) is 0 Å². The number of likely N-dealkylation sites (tertiary alicyclic amines) is 2. The predicted octanol–water partition coefficient (Wildman–Crippen LogP) is 1.80. The van der Waals surface area contributed by atoms with Crippen molar-refractivity contribution in [2.24, 2.45) is 5.41 Å². The minimum Gasteiger partial charge on any atom is -0.383 e. The van der Waals surface area contributed by atoms with E-state index >= 15 is 0 Å². The number of ether oxygens (including phenoxy) is 1.